The first-order chi connectivity index (χ1) is 15.4. The van der Waals surface area contributed by atoms with Crippen molar-refractivity contribution in [2.24, 2.45) is 0 Å². The highest BCUT2D eigenvalue weighted by molar-refractivity contribution is 7.91. The molecule has 0 amide bonds. The summed E-state index contributed by atoms with van der Waals surface area (Å²) in [7, 11) is -2.00. The molecule has 1 aromatic heterocycles. The molecule has 3 heterocycles. The van der Waals surface area contributed by atoms with E-state index < -0.39 is 34.4 Å². The van der Waals surface area contributed by atoms with Crippen molar-refractivity contribution in [1.29, 1.82) is 0 Å². The fourth-order valence-electron chi connectivity index (χ4n) is 4.43. The summed E-state index contributed by atoms with van der Waals surface area (Å²) in [6.07, 6.45) is -2.23. The number of anilines is 1. The molecule has 1 aromatic carbocycles. The maximum absolute atomic E-state index is 12.5. The minimum atomic E-state index is -3.65. The first-order valence-electron chi connectivity index (χ1n) is 10.5. The molecule has 0 saturated carbocycles. The van der Waals surface area contributed by atoms with E-state index in [1.807, 2.05) is 24.3 Å². The van der Waals surface area contributed by atoms with Gasteiger partial charge in [0.05, 0.1) is 31.5 Å². The Labute approximate surface area is 192 Å². The van der Waals surface area contributed by atoms with Crippen LogP contribution in [0, 0.1) is 0 Å². The lowest BCUT2D eigenvalue weighted by atomic mass is 10.0. The standard InChI is InChI=1S/C21H29N3O6S2/c1-29-16-6-3-2-5-15(16)23-8-10-24(11-9-23)20-17(30-18(14-25)21(20)26)13-22-32(27,28)19-7-4-12-31-19/h2-7,12,17-18,20-22,25-26H,8-11,13-14H2,1H3/t17-,18+,20-,21-/m1/s1. The second-order valence-electron chi connectivity index (χ2n) is 7.86. The van der Waals surface area contributed by atoms with Crippen LogP contribution < -0.4 is 14.4 Å². The van der Waals surface area contributed by atoms with Gasteiger partial charge in [0.2, 0.25) is 10.0 Å². The molecule has 4 atom stereocenters. The number of piperazine rings is 1. The molecule has 2 aliphatic rings. The largest absolute Gasteiger partial charge is 0.495 e. The van der Waals surface area contributed by atoms with Gasteiger partial charge in [0.25, 0.3) is 0 Å². The van der Waals surface area contributed by atoms with Crippen molar-refractivity contribution in [3.05, 3.63) is 41.8 Å². The molecule has 176 valence electrons. The Balaban J connectivity index is 1.43. The summed E-state index contributed by atoms with van der Waals surface area (Å²) >= 11 is 1.14. The fraction of sp³-hybridized carbons (Fsp3) is 0.524. The van der Waals surface area contributed by atoms with Gasteiger partial charge in [-0.15, -0.1) is 11.3 Å². The predicted molar refractivity (Wildman–Crippen MR) is 122 cm³/mol. The number of benzene rings is 1. The number of nitrogens with zero attached hydrogens (tertiary/aromatic N) is 2. The lowest BCUT2D eigenvalue weighted by molar-refractivity contribution is -0.0201. The van der Waals surface area contributed by atoms with Crippen molar-refractivity contribution in [2.75, 3.05) is 51.3 Å². The van der Waals surface area contributed by atoms with Gasteiger partial charge in [0.1, 0.15) is 22.2 Å². The molecule has 0 radical (unpaired) electrons. The van der Waals surface area contributed by atoms with Gasteiger partial charge < -0.3 is 24.6 Å². The van der Waals surface area contributed by atoms with Crippen LogP contribution in [0.15, 0.2) is 46.0 Å². The van der Waals surface area contributed by atoms with Gasteiger partial charge >= 0.3 is 0 Å². The van der Waals surface area contributed by atoms with Gasteiger partial charge in [-0.3, -0.25) is 4.90 Å². The quantitative estimate of drug-likeness (QED) is 0.493. The van der Waals surface area contributed by atoms with Crippen LogP contribution in [-0.2, 0) is 14.8 Å². The van der Waals surface area contributed by atoms with E-state index in [1.54, 1.807) is 24.6 Å². The van der Waals surface area contributed by atoms with E-state index in [4.69, 9.17) is 9.47 Å². The number of hydrogen-bond donors (Lipinski definition) is 3. The zero-order chi connectivity index (χ0) is 22.7. The first kappa shape index (κ1) is 23.4. The summed E-state index contributed by atoms with van der Waals surface area (Å²) in [4.78, 5) is 4.35. The number of aliphatic hydroxyl groups is 2. The normalized spacial score (nSPS) is 27.0. The molecule has 4 rings (SSSR count). The van der Waals surface area contributed by atoms with Gasteiger partial charge in [0.15, 0.2) is 0 Å². The van der Waals surface area contributed by atoms with Gasteiger partial charge in [-0.25, -0.2) is 13.1 Å². The Kier molecular flexibility index (Phi) is 7.35. The van der Waals surface area contributed by atoms with E-state index in [-0.39, 0.29) is 17.4 Å². The van der Waals surface area contributed by atoms with Crippen molar-refractivity contribution < 1.29 is 28.1 Å². The summed E-state index contributed by atoms with van der Waals surface area (Å²) in [6.45, 7) is 2.46. The third kappa shape index (κ3) is 4.79. The SMILES string of the molecule is COc1ccccc1N1CCN([C@H]2[C@H](O)[C@H](CO)O[C@@H]2CNS(=O)(=O)c2cccs2)CC1. The van der Waals surface area contributed by atoms with Gasteiger partial charge in [-0.1, -0.05) is 18.2 Å². The van der Waals surface area contributed by atoms with Crippen molar-refractivity contribution >= 4 is 27.0 Å². The Hall–Kier alpha value is -1.73. The van der Waals surface area contributed by atoms with Crippen LogP contribution in [0.1, 0.15) is 0 Å². The zero-order valence-electron chi connectivity index (χ0n) is 17.8. The van der Waals surface area contributed by atoms with Crippen LogP contribution in [0.25, 0.3) is 0 Å². The van der Waals surface area contributed by atoms with Gasteiger partial charge in [0, 0.05) is 32.7 Å². The zero-order valence-corrected chi connectivity index (χ0v) is 19.5. The lowest BCUT2D eigenvalue weighted by Gasteiger charge is -2.41. The molecule has 0 unspecified atom stereocenters. The van der Waals surface area contributed by atoms with E-state index in [0.29, 0.717) is 13.1 Å². The summed E-state index contributed by atoms with van der Waals surface area (Å²) in [5, 5.41) is 22.2. The highest BCUT2D eigenvalue weighted by atomic mass is 32.2. The molecule has 9 nitrogen and oxygen atoms in total. The van der Waals surface area contributed by atoms with Crippen LogP contribution in [-0.4, -0.2) is 94.3 Å². The minimum Gasteiger partial charge on any atom is -0.495 e. The maximum Gasteiger partial charge on any atom is 0.250 e. The molecular formula is C21H29N3O6S2. The summed E-state index contributed by atoms with van der Waals surface area (Å²) in [6, 6.07) is 10.7. The molecule has 2 fully saturated rings. The highest BCUT2D eigenvalue weighted by Crippen LogP contribution is 2.31. The molecule has 2 aliphatic heterocycles. The number of sulfonamides is 1. The summed E-state index contributed by atoms with van der Waals surface area (Å²) in [5.41, 5.74) is 1.02. The Morgan fingerprint density at radius 2 is 1.91 bits per heavy atom. The maximum atomic E-state index is 12.5. The van der Waals surface area contributed by atoms with Crippen molar-refractivity contribution in [1.82, 2.24) is 9.62 Å². The number of nitrogens with one attached hydrogen (secondary N) is 1. The molecule has 2 aromatic rings. The average Bonchev–Trinajstić information content (AvgIpc) is 3.47. The third-order valence-corrected chi connectivity index (χ3v) is 8.86. The first-order valence-corrected chi connectivity index (χ1v) is 12.9. The van der Waals surface area contributed by atoms with Crippen LogP contribution >= 0.6 is 11.3 Å². The smallest absolute Gasteiger partial charge is 0.250 e. The average molecular weight is 484 g/mol. The number of rotatable bonds is 8. The van der Waals surface area contributed by atoms with E-state index >= 15 is 0 Å². The van der Waals surface area contributed by atoms with Crippen LogP contribution in [0.5, 0.6) is 5.75 Å². The predicted octanol–water partition coefficient (Wildman–Crippen LogP) is 0.346. The molecular weight excluding hydrogens is 454 g/mol. The monoisotopic (exact) mass is 483 g/mol. The van der Waals surface area contributed by atoms with Crippen molar-refractivity contribution in [2.45, 2.75) is 28.6 Å². The summed E-state index contributed by atoms with van der Waals surface area (Å²) in [5.74, 6) is 0.811. The van der Waals surface area contributed by atoms with Gasteiger partial charge in [-0.2, -0.15) is 0 Å². The van der Waals surface area contributed by atoms with E-state index in [0.717, 1.165) is 35.9 Å². The molecule has 32 heavy (non-hydrogen) atoms. The van der Waals surface area contributed by atoms with Gasteiger partial charge in [-0.05, 0) is 23.6 Å². The number of thiophene rings is 1. The topological polar surface area (TPSA) is 112 Å². The number of hydrogen-bond acceptors (Lipinski definition) is 9. The number of aliphatic hydroxyl groups excluding tert-OH is 2. The third-order valence-electron chi connectivity index (χ3n) is 6.04. The van der Waals surface area contributed by atoms with Crippen LogP contribution in [0.3, 0.4) is 0 Å². The molecule has 2 saturated heterocycles. The molecule has 0 aliphatic carbocycles. The van der Waals surface area contributed by atoms with Crippen LogP contribution in [0.4, 0.5) is 5.69 Å². The van der Waals surface area contributed by atoms with Crippen LogP contribution in [0.2, 0.25) is 0 Å². The number of para-hydroxylation sites is 2. The Morgan fingerprint density at radius 1 is 1.16 bits per heavy atom. The fourth-order valence-corrected chi connectivity index (χ4v) is 6.51. The second kappa shape index (κ2) is 10.0. The van der Waals surface area contributed by atoms with E-state index in [1.165, 1.54) is 0 Å². The lowest BCUT2D eigenvalue weighted by Crippen LogP contribution is -2.57. The Bertz CT molecular complexity index is 979. The molecule has 3 N–H and O–H groups in total. The molecule has 0 bridgehead atoms. The van der Waals surface area contributed by atoms with Crippen molar-refractivity contribution in [3.63, 3.8) is 0 Å². The second-order valence-corrected chi connectivity index (χ2v) is 10.8. The summed E-state index contributed by atoms with van der Waals surface area (Å²) < 4.78 is 39.2. The van der Waals surface area contributed by atoms with E-state index in [2.05, 4.69) is 14.5 Å². The minimum absolute atomic E-state index is 0.0190. The molecule has 0 spiro atoms. The van der Waals surface area contributed by atoms with Crippen molar-refractivity contribution in [3.8, 4) is 5.75 Å². The molecule has 11 heteroatoms. The highest BCUT2D eigenvalue weighted by Gasteiger charge is 2.47. The van der Waals surface area contributed by atoms with E-state index in [9.17, 15) is 18.6 Å². The number of methoxy groups -OCH3 is 1. The Morgan fingerprint density at radius 3 is 2.56 bits per heavy atom. The number of ether oxygens (including phenoxy) is 2.